The van der Waals surface area contributed by atoms with Crippen molar-refractivity contribution in [3.05, 3.63) is 6.20 Å². The van der Waals surface area contributed by atoms with Gasteiger partial charge in [-0.2, -0.15) is 9.90 Å². The lowest BCUT2D eigenvalue weighted by Gasteiger charge is -2.37. The summed E-state index contributed by atoms with van der Waals surface area (Å²) in [6.07, 6.45) is 3.58. The Morgan fingerprint density at radius 2 is 2.00 bits per heavy atom. The summed E-state index contributed by atoms with van der Waals surface area (Å²) in [5.41, 5.74) is 0. The first-order valence-electron chi connectivity index (χ1n) is 7.29. The smallest absolute Gasteiger partial charge is 0.246 e. The molecule has 0 saturated carbocycles. The van der Waals surface area contributed by atoms with Gasteiger partial charge in [-0.3, -0.25) is 9.52 Å². The second-order valence-corrected chi connectivity index (χ2v) is 7.37. The lowest BCUT2D eigenvalue weighted by molar-refractivity contribution is -0.187. The number of nitrogens with one attached hydrogen (secondary N) is 1. The van der Waals surface area contributed by atoms with Gasteiger partial charge in [0.05, 0.1) is 25.7 Å². The molecule has 2 fully saturated rings. The molecule has 0 atom stereocenters. The predicted octanol–water partition coefficient (Wildman–Crippen LogP) is -0.985. The number of carbonyl (C=O) groups is 1. The molecule has 3 heterocycles. The van der Waals surface area contributed by atoms with Crippen LogP contribution in [0.15, 0.2) is 6.20 Å². The number of hydrogen-bond acceptors (Lipinski definition) is 7. The fourth-order valence-electron chi connectivity index (χ4n) is 2.71. The van der Waals surface area contributed by atoms with Gasteiger partial charge in [0.15, 0.2) is 11.6 Å². The van der Waals surface area contributed by atoms with Crippen molar-refractivity contribution in [2.75, 3.05) is 37.3 Å². The van der Waals surface area contributed by atoms with Crippen LogP contribution in [0.25, 0.3) is 0 Å². The third kappa shape index (κ3) is 3.98. The average Bonchev–Trinajstić information content (AvgIpc) is 3.08. The number of nitrogens with zero attached hydrogens (tertiary/aromatic N) is 4. The van der Waals surface area contributed by atoms with E-state index in [0.29, 0.717) is 39.1 Å². The van der Waals surface area contributed by atoms with E-state index in [2.05, 4.69) is 14.9 Å². The number of likely N-dealkylation sites (tertiary alicyclic amines) is 1. The van der Waals surface area contributed by atoms with Crippen LogP contribution in [0.5, 0.6) is 0 Å². The van der Waals surface area contributed by atoms with Gasteiger partial charge in [0.2, 0.25) is 15.9 Å². The minimum absolute atomic E-state index is 0.0415. The SMILES string of the molecule is CS(=O)(=O)Nc1cnn(CC(=O)N2CCC3(CC2)OCCO3)n1. The lowest BCUT2D eigenvalue weighted by atomic mass is 10.0. The molecule has 0 aromatic carbocycles. The zero-order valence-electron chi connectivity index (χ0n) is 12.8. The van der Waals surface area contributed by atoms with Crippen LogP contribution in [0.3, 0.4) is 0 Å². The molecule has 0 bridgehead atoms. The van der Waals surface area contributed by atoms with Gasteiger partial charge in [-0.05, 0) is 0 Å². The highest BCUT2D eigenvalue weighted by Crippen LogP contribution is 2.31. The Labute approximate surface area is 133 Å². The van der Waals surface area contributed by atoms with Crippen molar-refractivity contribution in [2.45, 2.75) is 25.2 Å². The Kier molecular flexibility index (Phi) is 4.25. The van der Waals surface area contributed by atoms with Gasteiger partial charge in [-0.15, -0.1) is 5.10 Å². The highest BCUT2D eigenvalue weighted by molar-refractivity contribution is 7.92. The van der Waals surface area contributed by atoms with E-state index in [9.17, 15) is 13.2 Å². The lowest BCUT2D eigenvalue weighted by Crippen LogP contribution is -2.48. The summed E-state index contributed by atoms with van der Waals surface area (Å²) in [5.74, 6) is -0.558. The second kappa shape index (κ2) is 6.06. The number of sulfonamides is 1. The van der Waals surface area contributed by atoms with Crippen molar-refractivity contribution >= 4 is 21.7 Å². The molecule has 128 valence electrons. The van der Waals surface area contributed by atoms with Crippen LogP contribution in [0, 0.1) is 0 Å². The zero-order chi connectivity index (χ0) is 16.5. The van der Waals surface area contributed by atoms with Crippen molar-refractivity contribution in [3.8, 4) is 0 Å². The molecule has 1 amide bonds. The van der Waals surface area contributed by atoms with Crippen molar-refractivity contribution in [1.29, 1.82) is 0 Å². The molecule has 0 aliphatic carbocycles. The van der Waals surface area contributed by atoms with Crippen molar-refractivity contribution in [3.63, 3.8) is 0 Å². The monoisotopic (exact) mass is 345 g/mol. The standard InChI is InChI=1S/C12H19N5O5S/c1-23(19,20)15-10-8-13-17(14-10)9-11(18)16-4-2-12(3-5-16)21-6-7-22-12/h8H,2-7,9H2,1H3,(H,14,15). The molecular formula is C12H19N5O5S. The maximum absolute atomic E-state index is 12.3. The molecule has 10 nitrogen and oxygen atoms in total. The summed E-state index contributed by atoms with van der Waals surface area (Å²) >= 11 is 0. The van der Waals surface area contributed by atoms with Crippen LogP contribution in [-0.4, -0.2) is 72.6 Å². The number of ether oxygens (including phenoxy) is 2. The highest BCUT2D eigenvalue weighted by atomic mass is 32.2. The zero-order valence-corrected chi connectivity index (χ0v) is 13.6. The third-order valence-corrected chi connectivity index (χ3v) is 4.37. The number of anilines is 1. The molecule has 0 radical (unpaired) electrons. The van der Waals surface area contributed by atoms with Crippen LogP contribution in [-0.2, 0) is 30.8 Å². The molecule has 3 rings (SSSR count). The molecule has 2 aliphatic rings. The summed E-state index contributed by atoms with van der Waals surface area (Å²) in [6.45, 7) is 2.26. The van der Waals surface area contributed by atoms with Gasteiger partial charge < -0.3 is 14.4 Å². The average molecular weight is 345 g/mol. The van der Waals surface area contributed by atoms with Gasteiger partial charge in [-0.25, -0.2) is 8.42 Å². The Bertz CT molecular complexity index is 672. The van der Waals surface area contributed by atoms with Gasteiger partial charge in [0, 0.05) is 25.9 Å². The molecular weight excluding hydrogens is 326 g/mol. The molecule has 1 aromatic heterocycles. The second-order valence-electron chi connectivity index (χ2n) is 5.62. The van der Waals surface area contributed by atoms with Gasteiger partial charge in [0.25, 0.3) is 0 Å². The Morgan fingerprint density at radius 3 is 2.61 bits per heavy atom. The quantitative estimate of drug-likeness (QED) is 0.745. The van der Waals surface area contributed by atoms with Crippen molar-refractivity contribution in [2.24, 2.45) is 0 Å². The molecule has 2 aliphatic heterocycles. The van der Waals surface area contributed by atoms with Crippen LogP contribution in [0.1, 0.15) is 12.8 Å². The summed E-state index contributed by atoms with van der Waals surface area (Å²) in [4.78, 5) is 15.2. The van der Waals surface area contributed by atoms with E-state index in [1.807, 2.05) is 0 Å². The first-order valence-corrected chi connectivity index (χ1v) is 9.18. The first kappa shape index (κ1) is 16.1. The van der Waals surface area contributed by atoms with Gasteiger partial charge >= 0.3 is 0 Å². The Morgan fingerprint density at radius 1 is 1.35 bits per heavy atom. The van der Waals surface area contributed by atoms with Crippen LogP contribution < -0.4 is 4.72 Å². The van der Waals surface area contributed by atoms with E-state index in [-0.39, 0.29) is 18.3 Å². The Hall–Kier alpha value is -1.72. The number of rotatable bonds is 4. The maximum Gasteiger partial charge on any atom is 0.246 e. The van der Waals surface area contributed by atoms with E-state index >= 15 is 0 Å². The number of piperidine rings is 1. The third-order valence-electron chi connectivity index (χ3n) is 3.79. The van der Waals surface area contributed by atoms with E-state index in [4.69, 9.17) is 9.47 Å². The molecule has 2 saturated heterocycles. The van der Waals surface area contributed by atoms with Crippen molar-refractivity contribution in [1.82, 2.24) is 19.9 Å². The molecule has 0 unspecified atom stereocenters. The Balaban J connectivity index is 1.53. The number of amides is 1. The number of aromatic nitrogens is 3. The van der Waals surface area contributed by atoms with Crippen molar-refractivity contribution < 1.29 is 22.7 Å². The summed E-state index contributed by atoms with van der Waals surface area (Å²) < 4.78 is 35.7. The minimum atomic E-state index is -3.41. The molecule has 1 spiro atoms. The normalized spacial score (nSPS) is 20.8. The predicted molar refractivity (Wildman–Crippen MR) is 78.9 cm³/mol. The molecule has 1 aromatic rings. The molecule has 1 N–H and O–H groups in total. The number of carbonyl (C=O) groups excluding carboxylic acids is 1. The topological polar surface area (TPSA) is 116 Å². The first-order chi connectivity index (χ1) is 10.9. The molecule has 23 heavy (non-hydrogen) atoms. The fourth-order valence-corrected chi connectivity index (χ4v) is 3.19. The van der Waals surface area contributed by atoms with E-state index < -0.39 is 15.8 Å². The summed E-state index contributed by atoms with van der Waals surface area (Å²) in [7, 11) is -3.41. The van der Waals surface area contributed by atoms with E-state index in [1.165, 1.54) is 11.0 Å². The highest BCUT2D eigenvalue weighted by Gasteiger charge is 2.40. The summed E-state index contributed by atoms with van der Waals surface area (Å²) in [5, 5.41) is 7.81. The van der Waals surface area contributed by atoms with Gasteiger partial charge in [-0.1, -0.05) is 0 Å². The van der Waals surface area contributed by atoms with Crippen LogP contribution >= 0.6 is 0 Å². The largest absolute Gasteiger partial charge is 0.347 e. The van der Waals surface area contributed by atoms with Gasteiger partial charge in [0.1, 0.15) is 6.54 Å². The fraction of sp³-hybridized carbons (Fsp3) is 0.750. The van der Waals surface area contributed by atoms with Crippen LogP contribution in [0.2, 0.25) is 0 Å². The number of hydrogen-bond donors (Lipinski definition) is 1. The maximum atomic E-state index is 12.3. The molecule has 11 heteroatoms. The van der Waals surface area contributed by atoms with E-state index in [0.717, 1.165) is 6.26 Å². The van der Waals surface area contributed by atoms with Crippen LogP contribution in [0.4, 0.5) is 5.82 Å². The van der Waals surface area contributed by atoms with E-state index in [1.54, 1.807) is 4.90 Å². The summed E-state index contributed by atoms with van der Waals surface area (Å²) in [6, 6.07) is 0. The minimum Gasteiger partial charge on any atom is -0.347 e.